The first-order valence-electron chi connectivity index (χ1n) is 9.70. The topological polar surface area (TPSA) is 68.3 Å². The molecule has 2 heterocycles. The second kappa shape index (κ2) is 11.0. The van der Waals surface area contributed by atoms with Crippen molar-refractivity contribution in [2.24, 2.45) is 4.99 Å². The molecule has 6 nitrogen and oxygen atoms in total. The van der Waals surface area contributed by atoms with Crippen molar-refractivity contribution in [3.05, 3.63) is 30.1 Å². The average molecular weight is 524 g/mol. The van der Waals surface area contributed by atoms with Gasteiger partial charge in [-0.2, -0.15) is 13.2 Å². The van der Waals surface area contributed by atoms with Gasteiger partial charge in [-0.15, -0.1) is 24.0 Å². The van der Waals surface area contributed by atoms with Crippen molar-refractivity contribution >= 4 is 41.0 Å². The highest BCUT2D eigenvalue weighted by Gasteiger charge is 2.34. The maximum atomic E-state index is 12.5. The number of aromatic amines is 1. The minimum atomic E-state index is -4.15. The Bertz CT molecular complexity index is 759. The molecular formula is C19H28F3IN6. The third-order valence-electron chi connectivity index (χ3n) is 4.64. The van der Waals surface area contributed by atoms with Gasteiger partial charge in [0.1, 0.15) is 5.82 Å². The monoisotopic (exact) mass is 524 g/mol. The Hall–Kier alpha value is -1.56. The largest absolute Gasteiger partial charge is 0.401 e. The number of alkyl halides is 3. The first-order chi connectivity index (χ1) is 13.4. The molecule has 0 bridgehead atoms. The van der Waals surface area contributed by atoms with Gasteiger partial charge in [-0.1, -0.05) is 12.1 Å². The molecular weight excluding hydrogens is 496 g/mol. The average Bonchev–Trinajstić information content (AvgIpc) is 3.23. The van der Waals surface area contributed by atoms with E-state index >= 15 is 0 Å². The van der Waals surface area contributed by atoms with E-state index in [4.69, 9.17) is 0 Å². The number of benzene rings is 1. The quantitative estimate of drug-likeness (QED) is 0.225. The molecule has 0 spiro atoms. The van der Waals surface area contributed by atoms with Gasteiger partial charge in [0.2, 0.25) is 0 Å². The molecule has 1 aromatic heterocycles. The molecule has 3 N–H and O–H groups in total. The highest BCUT2D eigenvalue weighted by molar-refractivity contribution is 14.0. The summed E-state index contributed by atoms with van der Waals surface area (Å²) < 4.78 is 37.6. The van der Waals surface area contributed by atoms with Gasteiger partial charge >= 0.3 is 6.18 Å². The SMILES string of the molecule is CCNC(=NCCCc1nc2ccccc2[nH]1)NC1CCN(CC(F)(F)F)C1.I. The number of likely N-dealkylation sites (tertiary alicyclic amines) is 1. The minimum Gasteiger partial charge on any atom is -0.357 e. The smallest absolute Gasteiger partial charge is 0.357 e. The number of halogens is 4. The number of nitrogens with zero attached hydrogens (tertiary/aromatic N) is 3. The summed E-state index contributed by atoms with van der Waals surface area (Å²) in [5.74, 6) is 1.60. The molecule has 3 rings (SSSR count). The van der Waals surface area contributed by atoms with Crippen molar-refractivity contribution in [3.63, 3.8) is 0 Å². The number of guanidine groups is 1. The highest BCUT2D eigenvalue weighted by atomic mass is 127. The first-order valence-corrected chi connectivity index (χ1v) is 9.70. The lowest BCUT2D eigenvalue weighted by molar-refractivity contribution is -0.143. The lowest BCUT2D eigenvalue weighted by atomic mass is 10.3. The molecule has 2 aromatic rings. The highest BCUT2D eigenvalue weighted by Crippen LogP contribution is 2.20. The number of imidazole rings is 1. The molecule has 0 radical (unpaired) electrons. The zero-order chi connectivity index (χ0) is 20.0. The lowest BCUT2D eigenvalue weighted by Crippen LogP contribution is -2.45. The van der Waals surface area contributed by atoms with E-state index in [1.54, 1.807) is 0 Å². The normalized spacial score (nSPS) is 18.1. The van der Waals surface area contributed by atoms with Crippen LogP contribution < -0.4 is 10.6 Å². The van der Waals surface area contributed by atoms with Crippen molar-refractivity contribution in [1.29, 1.82) is 0 Å². The van der Waals surface area contributed by atoms with Crippen LogP contribution in [0.5, 0.6) is 0 Å². The number of hydrogen-bond donors (Lipinski definition) is 3. The molecule has 1 aliphatic heterocycles. The van der Waals surface area contributed by atoms with E-state index in [0.29, 0.717) is 38.6 Å². The van der Waals surface area contributed by atoms with Gasteiger partial charge in [0.05, 0.1) is 17.6 Å². The standard InChI is InChI=1S/C19H27F3N6.HI/c1-2-23-18(25-14-9-11-28(12-14)13-19(20,21)22)24-10-5-8-17-26-15-6-3-4-7-16(15)27-17;/h3-4,6-7,14H,2,5,8-13H2,1H3,(H,26,27)(H2,23,24,25);1H. The van der Waals surface area contributed by atoms with Crippen LogP contribution in [-0.2, 0) is 6.42 Å². The number of aromatic nitrogens is 2. The summed E-state index contributed by atoms with van der Waals surface area (Å²) in [5, 5.41) is 6.43. The molecule has 162 valence electrons. The first kappa shape index (κ1) is 23.7. The molecule has 1 aromatic carbocycles. The lowest BCUT2D eigenvalue weighted by Gasteiger charge is -2.19. The number of aryl methyl sites for hydroxylation is 1. The molecule has 1 unspecified atom stereocenters. The summed E-state index contributed by atoms with van der Waals surface area (Å²) in [6.45, 7) is 3.26. The van der Waals surface area contributed by atoms with E-state index in [1.165, 1.54) is 4.90 Å². The second-order valence-electron chi connectivity index (χ2n) is 7.05. The predicted octanol–water partition coefficient (Wildman–Crippen LogP) is 3.31. The zero-order valence-corrected chi connectivity index (χ0v) is 18.8. The number of rotatable bonds is 7. The van der Waals surface area contributed by atoms with Gasteiger partial charge in [-0.3, -0.25) is 9.89 Å². The van der Waals surface area contributed by atoms with E-state index in [1.807, 2.05) is 31.2 Å². The number of H-pyrrole nitrogens is 1. The Kier molecular flexibility index (Phi) is 9.00. The van der Waals surface area contributed by atoms with E-state index in [2.05, 4.69) is 25.6 Å². The Morgan fingerprint density at radius 2 is 2.14 bits per heavy atom. The van der Waals surface area contributed by atoms with Gasteiger partial charge in [-0.05, 0) is 31.9 Å². The molecule has 29 heavy (non-hydrogen) atoms. The fourth-order valence-electron chi connectivity index (χ4n) is 3.42. The van der Waals surface area contributed by atoms with Crippen molar-refractivity contribution < 1.29 is 13.2 Å². The van der Waals surface area contributed by atoms with Crippen LogP contribution in [0.2, 0.25) is 0 Å². The predicted molar refractivity (Wildman–Crippen MR) is 120 cm³/mol. The van der Waals surface area contributed by atoms with Gasteiger partial charge in [0, 0.05) is 38.6 Å². The van der Waals surface area contributed by atoms with Crippen LogP contribution in [0.1, 0.15) is 25.6 Å². The number of para-hydroxylation sites is 2. The van der Waals surface area contributed by atoms with E-state index < -0.39 is 12.7 Å². The number of aliphatic imine (C=N–C) groups is 1. The third-order valence-corrected chi connectivity index (χ3v) is 4.64. The molecule has 0 saturated carbocycles. The van der Waals surface area contributed by atoms with Crippen LogP contribution >= 0.6 is 24.0 Å². The summed E-state index contributed by atoms with van der Waals surface area (Å²) >= 11 is 0. The van der Waals surface area contributed by atoms with E-state index in [0.717, 1.165) is 29.7 Å². The fraction of sp³-hybridized carbons (Fsp3) is 0.579. The number of hydrogen-bond acceptors (Lipinski definition) is 3. The maximum absolute atomic E-state index is 12.5. The van der Waals surface area contributed by atoms with Crippen molar-refractivity contribution in [2.45, 2.75) is 38.4 Å². The van der Waals surface area contributed by atoms with Crippen molar-refractivity contribution in [3.8, 4) is 0 Å². The molecule has 1 aliphatic rings. The summed E-state index contributed by atoms with van der Waals surface area (Å²) in [6.07, 6.45) is -1.84. The van der Waals surface area contributed by atoms with E-state index in [9.17, 15) is 13.2 Å². The van der Waals surface area contributed by atoms with Gasteiger partial charge < -0.3 is 15.6 Å². The second-order valence-corrected chi connectivity index (χ2v) is 7.05. The minimum absolute atomic E-state index is 0. The van der Waals surface area contributed by atoms with Gasteiger partial charge in [-0.25, -0.2) is 4.98 Å². The van der Waals surface area contributed by atoms with Crippen LogP contribution in [0.3, 0.4) is 0 Å². The maximum Gasteiger partial charge on any atom is 0.401 e. The Morgan fingerprint density at radius 1 is 1.34 bits per heavy atom. The fourth-order valence-corrected chi connectivity index (χ4v) is 3.42. The van der Waals surface area contributed by atoms with E-state index in [-0.39, 0.29) is 30.0 Å². The van der Waals surface area contributed by atoms with Crippen LogP contribution in [0.25, 0.3) is 11.0 Å². The zero-order valence-electron chi connectivity index (χ0n) is 16.4. The number of fused-ring (bicyclic) bond motifs is 1. The summed E-state index contributed by atoms with van der Waals surface area (Å²) in [5.41, 5.74) is 1.99. The Labute approximate surface area is 185 Å². The van der Waals surface area contributed by atoms with Crippen LogP contribution in [0, 0.1) is 0 Å². The van der Waals surface area contributed by atoms with Crippen molar-refractivity contribution in [1.82, 2.24) is 25.5 Å². The van der Waals surface area contributed by atoms with Crippen LogP contribution in [0.4, 0.5) is 13.2 Å². The molecule has 0 amide bonds. The molecule has 10 heteroatoms. The third kappa shape index (κ3) is 7.65. The van der Waals surface area contributed by atoms with Crippen LogP contribution in [0.15, 0.2) is 29.3 Å². The summed E-state index contributed by atoms with van der Waals surface area (Å²) in [7, 11) is 0. The number of nitrogens with one attached hydrogen (secondary N) is 3. The molecule has 1 atom stereocenters. The summed E-state index contributed by atoms with van der Waals surface area (Å²) in [4.78, 5) is 13.8. The van der Waals surface area contributed by atoms with Gasteiger partial charge in [0.25, 0.3) is 0 Å². The van der Waals surface area contributed by atoms with Crippen molar-refractivity contribution in [2.75, 3.05) is 32.7 Å². The van der Waals surface area contributed by atoms with Crippen LogP contribution in [-0.4, -0.2) is 65.8 Å². The Morgan fingerprint density at radius 3 is 2.86 bits per heavy atom. The Balaban J connectivity index is 0.00000300. The summed E-state index contributed by atoms with van der Waals surface area (Å²) in [6, 6.07) is 7.90. The van der Waals surface area contributed by atoms with Gasteiger partial charge in [0.15, 0.2) is 5.96 Å². The molecule has 1 saturated heterocycles. The molecule has 1 fully saturated rings. The molecule has 0 aliphatic carbocycles.